The van der Waals surface area contributed by atoms with Gasteiger partial charge >= 0.3 is 0 Å². The highest BCUT2D eigenvalue weighted by molar-refractivity contribution is 7.21. The smallest absolute Gasteiger partial charge is 0.209 e. The Labute approximate surface area is 153 Å². The lowest BCUT2D eigenvalue weighted by molar-refractivity contribution is 0.414. The summed E-state index contributed by atoms with van der Waals surface area (Å²) in [6.45, 7) is 12.6. The van der Waals surface area contributed by atoms with Crippen molar-refractivity contribution in [1.82, 2.24) is 4.98 Å². The summed E-state index contributed by atoms with van der Waals surface area (Å²) in [6, 6.07) is 8.09. The third-order valence-electron chi connectivity index (χ3n) is 4.44. The molecular weight excluding hydrogens is 330 g/mol. The van der Waals surface area contributed by atoms with Crippen LogP contribution in [0.1, 0.15) is 52.7 Å². The summed E-state index contributed by atoms with van der Waals surface area (Å²) < 4.78 is 6.67. The zero-order valence-electron chi connectivity index (χ0n) is 16.0. The van der Waals surface area contributed by atoms with Gasteiger partial charge in [-0.1, -0.05) is 53.7 Å². The molecular formula is C21H25NO2S. The van der Waals surface area contributed by atoms with E-state index in [1.807, 2.05) is 26.8 Å². The van der Waals surface area contributed by atoms with Crippen molar-refractivity contribution < 1.29 is 4.74 Å². The van der Waals surface area contributed by atoms with Gasteiger partial charge in [0.25, 0.3) is 0 Å². The zero-order valence-corrected chi connectivity index (χ0v) is 16.8. The summed E-state index contributed by atoms with van der Waals surface area (Å²) in [4.78, 5) is 18.8. The second kappa shape index (κ2) is 5.80. The van der Waals surface area contributed by atoms with Crippen molar-refractivity contribution in [3.8, 4) is 16.3 Å². The summed E-state index contributed by atoms with van der Waals surface area (Å²) >= 11 is 1.58. The molecule has 1 aromatic carbocycles. The maximum absolute atomic E-state index is 13.1. The van der Waals surface area contributed by atoms with E-state index in [0.29, 0.717) is 5.69 Å². The number of ether oxygens (including phenoxy) is 1. The fourth-order valence-corrected chi connectivity index (χ4v) is 4.16. The molecule has 1 aromatic rings. The minimum Gasteiger partial charge on any atom is -0.495 e. The van der Waals surface area contributed by atoms with E-state index >= 15 is 0 Å². The number of para-hydroxylation sites is 1. The fourth-order valence-electron chi connectivity index (χ4n) is 3.07. The molecule has 4 heteroatoms. The molecule has 1 heterocycles. The Bertz CT molecular complexity index is 974. The predicted molar refractivity (Wildman–Crippen MR) is 106 cm³/mol. The lowest BCUT2D eigenvalue weighted by atomic mass is 9.85. The van der Waals surface area contributed by atoms with Crippen LogP contribution < -0.4 is 10.2 Å². The number of methoxy groups -OCH3 is 1. The summed E-state index contributed by atoms with van der Waals surface area (Å²) in [7, 11) is 1.65. The largest absolute Gasteiger partial charge is 0.495 e. The fraction of sp³-hybridized carbons (Fsp3) is 0.429. The van der Waals surface area contributed by atoms with Crippen molar-refractivity contribution in [3.05, 3.63) is 45.6 Å². The van der Waals surface area contributed by atoms with E-state index in [2.05, 4.69) is 39.0 Å². The van der Waals surface area contributed by atoms with E-state index in [0.717, 1.165) is 32.0 Å². The third kappa shape index (κ3) is 3.04. The first kappa shape index (κ1) is 17.9. The van der Waals surface area contributed by atoms with Crippen LogP contribution in [0.2, 0.25) is 0 Å². The van der Waals surface area contributed by atoms with Crippen LogP contribution in [0, 0.1) is 0 Å². The first-order valence-corrected chi connectivity index (χ1v) is 9.31. The lowest BCUT2D eigenvalue weighted by Crippen LogP contribution is -2.25. The van der Waals surface area contributed by atoms with Crippen molar-refractivity contribution in [1.29, 1.82) is 0 Å². The van der Waals surface area contributed by atoms with Crippen LogP contribution in [-0.2, 0) is 10.8 Å². The van der Waals surface area contributed by atoms with E-state index < -0.39 is 0 Å². The molecule has 0 unspecified atom stereocenters. The molecule has 1 aliphatic heterocycles. The Morgan fingerprint density at radius 1 is 1.00 bits per heavy atom. The number of hydrogen-bond donors (Lipinski definition) is 0. The van der Waals surface area contributed by atoms with Crippen LogP contribution in [-0.4, -0.2) is 12.1 Å². The molecule has 3 rings (SSSR count). The van der Waals surface area contributed by atoms with Gasteiger partial charge in [0.2, 0.25) is 5.43 Å². The SMILES string of the molecule is COc1cc(C(C)(C)C)c(=O)c2nc3c(C(C)(C)C)cccc3sc1-2. The van der Waals surface area contributed by atoms with E-state index in [1.165, 1.54) is 0 Å². The van der Waals surface area contributed by atoms with Gasteiger partial charge in [-0.3, -0.25) is 4.79 Å². The van der Waals surface area contributed by atoms with Gasteiger partial charge < -0.3 is 4.74 Å². The molecule has 0 bridgehead atoms. The maximum Gasteiger partial charge on any atom is 0.209 e. The van der Waals surface area contributed by atoms with Gasteiger partial charge in [-0.2, -0.15) is 0 Å². The van der Waals surface area contributed by atoms with Gasteiger partial charge in [-0.15, -0.1) is 11.3 Å². The Kier molecular flexibility index (Phi) is 4.15. The molecule has 0 spiro atoms. The topological polar surface area (TPSA) is 39.2 Å². The summed E-state index contributed by atoms with van der Waals surface area (Å²) in [5.41, 5.74) is 3.03. The number of fused-ring (bicyclic) bond motifs is 2. The van der Waals surface area contributed by atoms with Gasteiger partial charge in [0.05, 0.1) is 22.2 Å². The molecule has 0 amide bonds. The van der Waals surface area contributed by atoms with Gasteiger partial charge in [0.1, 0.15) is 11.4 Å². The molecule has 25 heavy (non-hydrogen) atoms. The van der Waals surface area contributed by atoms with Crippen LogP contribution >= 0.6 is 11.3 Å². The monoisotopic (exact) mass is 355 g/mol. The number of nitrogens with zero attached hydrogens (tertiary/aromatic N) is 1. The lowest BCUT2D eigenvalue weighted by Gasteiger charge is -2.23. The molecule has 3 nitrogen and oxygen atoms in total. The first-order chi connectivity index (χ1) is 11.5. The van der Waals surface area contributed by atoms with Crippen molar-refractivity contribution in [2.45, 2.75) is 52.4 Å². The molecule has 0 radical (unpaired) electrons. The highest BCUT2D eigenvalue weighted by Gasteiger charge is 2.27. The van der Waals surface area contributed by atoms with Crippen LogP contribution in [0.3, 0.4) is 0 Å². The zero-order chi connectivity index (χ0) is 18.6. The first-order valence-electron chi connectivity index (χ1n) is 8.49. The quantitative estimate of drug-likeness (QED) is 0.551. The normalized spacial score (nSPS) is 12.8. The standard InChI is InChI=1S/C21H25NO2S/c1-20(2,3)12-9-8-10-15-16(12)22-17-18(23)13(21(4,5)6)11-14(24-7)19(17)25-15/h8-11H,1-7H3. The Morgan fingerprint density at radius 3 is 2.20 bits per heavy atom. The van der Waals surface area contributed by atoms with Crippen LogP contribution in [0.4, 0.5) is 0 Å². The molecule has 0 fully saturated rings. The molecule has 1 aliphatic carbocycles. The van der Waals surface area contributed by atoms with Gasteiger partial charge in [-0.05, 0) is 28.5 Å². The third-order valence-corrected chi connectivity index (χ3v) is 5.59. The van der Waals surface area contributed by atoms with Crippen molar-refractivity contribution >= 4 is 21.6 Å². The molecule has 0 saturated heterocycles. The van der Waals surface area contributed by atoms with Gasteiger partial charge in [0.15, 0.2) is 0 Å². The Morgan fingerprint density at radius 2 is 1.64 bits per heavy atom. The van der Waals surface area contributed by atoms with E-state index in [4.69, 9.17) is 9.72 Å². The Balaban J connectivity index is 2.50. The number of aromatic nitrogens is 1. The summed E-state index contributed by atoms with van der Waals surface area (Å²) in [6.07, 6.45) is 0. The highest BCUT2D eigenvalue weighted by Crippen LogP contribution is 2.40. The highest BCUT2D eigenvalue weighted by atomic mass is 32.1. The predicted octanol–water partition coefficient (Wildman–Crippen LogP) is 5.36. The molecule has 0 saturated carbocycles. The molecule has 132 valence electrons. The van der Waals surface area contributed by atoms with Crippen molar-refractivity contribution in [2.75, 3.05) is 7.11 Å². The average molecular weight is 356 g/mol. The van der Waals surface area contributed by atoms with E-state index in [-0.39, 0.29) is 16.3 Å². The maximum atomic E-state index is 13.1. The van der Waals surface area contributed by atoms with Crippen LogP contribution in [0.15, 0.2) is 29.1 Å². The number of rotatable bonds is 1. The minimum absolute atomic E-state index is 0.00478. The summed E-state index contributed by atoms with van der Waals surface area (Å²) in [5, 5.41) is 0. The summed E-state index contributed by atoms with van der Waals surface area (Å²) in [5.74, 6) is 0.722. The Hall–Kier alpha value is -1.94. The van der Waals surface area contributed by atoms with Gasteiger partial charge in [-0.25, -0.2) is 4.98 Å². The molecule has 0 N–H and O–H groups in total. The second-order valence-corrected chi connectivity index (χ2v) is 9.55. The average Bonchev–Trinajstić information content (AvgIpc) is 2.51. The number of hydrogen-bond acceptors (Lipinski definition) is 4. The second-order valence-electron chi connectivity index (χ2n) is 8.50. The minimum atomic E-state index is -0.261. The van der Waals surface area contributed by atoms with E-state index in [9.17, 15) is 4.79 Å². The van der Waals surface area contributed by atoms with Crippen LogP contribution in [0.5, 0.6) is 5.75 Å². The molecule has 0 aromatic heterocycles. The van der Waals surface area contributed by atoms with Gasteiger partial charge in [0, 0.05) is 5.56 Å². The van der Waals surface area contributed by atoms with Crippen molar-refractivity contribution in [3.63, 3.8) is 0 Å². The van der Waals surface area contributed by atoms with Crippen LogP contribution in [0.25, 0.3) is 20.8 Å². The molecule has 0 atom stereocenters. The molecule has 2 aliphatic rings. The number of benzene rings is 2. The van der Waals surface area contributed by atoms with Crippen molar-refractivity contribution in [2.24, 2.45) is 0 Å². The van der Waals surface area contributed by atoms with E-state index in [1.54, 1.807) is 18.4 Å².